The van der Waals surface area contributed by atoms with Gasteiger partial charge in [-0.3, -0.25) is 4.90 Å². The van der Waals surface area contributed by atoms with E-state index in [0.29, 0.717) is 12.1 Å². The molecule has 1 heterocycles. The molecule has 0 aromatic rings. The van der Waals surface area contributed by atoms with E-state index in [1.807, 2.05) is 6.92 Å². The van der Waals surface area contributed by atoms with Crippen LogP contribution in [0.2, 0.25) is 0 Å². The number of nitrogens with zero attached hydrogens (tertiary/aromatic N) is 1. The highest BCUT2D eigenvalue weighted by Gasteiger charge is 2.25. The van der Waals surface area contributed by atoms with Crippen LogP contribution < -0.4 is 5.73 Å². The van der Waals surface area contributed by atoms with E-state index in [0.717, 1.165) is 26.3 Å². The van der Waals surface area contributed by atoms with Crippen LogP contribution in [0.4, 0.5) is 0 Å². The fraction of sp³-hybridized carbons (Fsp3) is 1.00. The van der Waals surface area contributed by atoms with Crippen molar-refractivity contribution >= 4 is 0 Å². The number of rotatable bonds is 5. The third kappa shape index (κ3) is 3.23. The summed E-state index contributed by atoms with van der Waals surface area (Å²) in [4.78, 5) is 2.51. The normalized spacial score (nSPS) is 29.4. The molecule has 0 aliphatic carbocycles. The molecule has 0 spiro atoms. The van der Waals surface area contributed by atoms with E-state index < -0.39 is 0 Å². The first kappa shape index (κ1) is 12.0. The molecular weight excluding hydrogens is 176 g/mol. The lowest BCUT2D eigenvalue weighted by molar-refractivity contribution is 0.0502. The van der Waals surface area contributed by atoms with Crippen LogP contribution >= 0.6 is 0 Å². The minimum absolute atomic E-state index is 0.583. The van der Waals surface area contributed by atoms with Crippen molar-refractivity contribution < 1.29 is 4.74 Å². The topological polar surface area (TPSA) is 38.5 Å². The van der Waals surface area contributed by atoms with Crippen LogP contribution in [0.25, 0.3) is 0 Å². The third-order valence-corrected chi connectivity index (χ3v) is 3.16. The van der Waals surface area contributed by atoms with Gasteiger partial charge in [-0.2, -0.15) is 0 Å². The van der Waals surface area contributed by atoms with Gasteiger partial charge in [0.25, 0.3) is 0 Å². The molecular formula is C11H24N2O. The Balaban J connectivity index is 2.34. The molecule has 1 rings (SSSR count). The molecule has 3 heteroatoms. The van der Waals surface area contributed by atoms with Gasteiger partial charge in [0.1, 0.15) is 0 Å². The number of likely N-dealkylation sites (tertiary alicyclic amines) is 1. The van der Waals surface area contributed by atoms with E-state index in [2.05, 4.69) is 11.8 Å². The van der Waals surface area contributed by atoms with Gasteiger partial charge in [-0.05, 0) is 26.7 Å². The van der Waals surface area contributed by atoms with Gasteiger partial charge in [-0.15, -0.1) is 0 Å². The van der Waals surface area contributed by atoms with Crippen LogP contribution in [0.15, 0.2) is 0 Å². The van der Waals surface area contributed by atoms with Gasteiger partial charge in [0, 0.05) is 31.8 Å². The zero-order valence-corrected chi connectivity index (χ0v) is 9.54. The second-order valence-electron chi connectivity index (χ2n) is 4.10. The maximum absolute atomic E-state index is 5.78. The molecule has 2 unspecified atom stereocenters. The lowest BCUT2D eigenvalue weighted by Crippen LogP contribution is -2.49. The molecule has 14 heavy (non-hydrogen) atoms. The summed E-state index contributed by atoms with van der Waals surface area (Å²) in [6, 6.07) is 1.26. The number of hydrogen-bond acceptors (Lipinski definition) is 3. The van der Waals surface area contributed by atoms with Crippen molar-refractivity contribution in [3.05, 3.63) is 0 Å². The second kappa shape index (κ2) is 6.38. The van der Waals surface area contributed by atoms with Crippen molar-refractivity contribution in [3.63, 3.8) is 0 Å². The summed E-state index contributed by atoms with van der Waals surface area (Å²) in [5.74, 6) is 0. The third-order valence-electron chi connectivity index (χ3n) is 3.16. The number of hydrogen-bond donors (Lipinski definition) is 1. The molecule has 0 radical (unpaired) electrons. The van der Waals surface area contributed by atoms with E-state index in [9.17, 15) is 0 Å². The van der Waals surface area contributed by atoms with Gasteiger partial charge >= 0.3 is 0 Å². The standard InChI is InChI=1S/C11H24N2O/c1-3-14-8-7-13-10(2)5-4-6-11(13)9-12/h10-11H,3-9,12H2,1-2H3. The van der Waals surface area contributed by atoms with Gasteiger partial charge in [0.2, 0.25) is 0 Å². The molecule has 84 valence electrons. The Labute approximate surface area is 87.6 Å². The van der Waals surface area contributed by atoms with Gasteiger partial charge in [-0.25, -0.2) is 0 Å². The first-order valence-electron chi connectivity index (χ1n) is 5.83. The zero-order valence-electron chi connectivity index (χ0n) is 9.54. The summed E-state index contributed by atoms with van der Waals surface area (Å²) in [5.41, 5.74) is 5.78. The molecule has 2 atom stereocenters. The van der Waals surface area contributed by atoms with Crippen molar-refractivity contribution in [2.75, 3.05) is 26.3 Å². The maximum Gasteiger partial charge on any atom is 0.0593 e. The number of ether oxygens (including phenoxy) is 1. The molecule has 1 aliphatic rings. The van der Waals surface area contributed by atoms with E-state index in [1.54, 1.807) is 0 Å². The molecule has 1 saturated heterocycles. The van der Waals surface area contributed by atoms with E-state index in [1.165, 1.54) is 19.3 Å². The van der Waals surface area contributed by atoms with Crippen LogP contribution in [0.1, 0.15) is 33.1 Å². The summed E-state index contributed by atoms with van der Waals surface area (Å²) in [6.45, 7) is 7.83. The molecule has 1 aliphatic heterocycles. The minimum Gasteiger partial charge on any atom is -0.380 e. The highest BCUT2D eigenvalue weighted by molar-refractivity contribution is 4.82. The lowest BCUT2D eigenvalue weighted by atomic mass is 9.96. The molecule has 2 N–H and O–H groups in total. The quantitative estimate of drug-likeness (QED) is 0.678. The molecule has 0 aromatic carbocycles. The summed E-state index contributed by atoms with van der Waals surface area (Å²) in [6.07, 6.45) is 3.89. The zero-order chi connectivity index (χ0) is 10.4. The van der Waals surface area contributed by atoms with Crippen molar-refractivity contribution in [3.8, 4) is 0 Å². The molecule has 1 fully saturated rings. The summed E-state index contributed by atoms with van der Waals surface area (Å²) in [7, 11) is 0. The van der Waals surface area contributed by atoms with Crippen LogP contribution in [0, 0.1) is 0 Å². The van der Waals surface area contributed by atoms with Crippen LogP contribution in [0.5, 0.6) is 0 Å². The lowest BCUT2D eigenvalue weighted by Gasteiger charge is -2.40. The van der Waals surface area contributed by atoms with Gasteiger partial charge in [0.05, 0.1) is 6.61 Å². The minimum atomic E-state index is 0.583. The Kier molecular flexibility index (Phi) is 5.45. The molecule has 0 amide bonds. The van der Waals surface area contributed by atoms with Crippen molar-refractivity contribution in [1.82, 2.24) is 4.90 Å². The van der Waals surface area contributed by atoms with Gasteiger partial charge in [0.15, 0.2) is 0 Å². The molecule has 0 saturated carbocycles. The monoisotopic (exact) mass is 200 g/mol. The predicted molar refractivity (Wildman–Crippen MR) is 59.4 cm³/mol. The van der Waals surface area contributed by atoms with E-state index >= 15 is 0 Å². The SMILES string of the molecule is CCOCCN1C(C)CCCC1CN. The number of piperidine rings is 1. The molecule has 3 nitrogen and oxygen atoms in total. The first-order valence-corrected chi connectivity index (χ1v) is 5.83. The Hall–Kier alpha value is -0.120. The van der Waals surface area contributed by atoms with Crippen molar-refractivity contribution in [2.24, 2.45) is 5.73 Å². The summed E-state index contributed by atoms with van der Waals surface area (Å²) in [5, 5.41) is 0. The Morgan fingerprint density at radius 1 is 1.43 bits per heavy atom. The maximum atomic E-state index is 5.78. The average Bonchev–Trinajstić information content (AvgIpc) is 2.20. The summed E-state index contributed by atoms with van der Waals surface area (Å²) < 4.78 is 5.39. The second-order valence-corrected chi connectivity index (χ2v) is 4.10. The Morgan fingerprint density at radius 3 is 2.86 bits per heavy atom. The highest BCUT2D eigenvalue weighted by atomic mass is 16.5. The Bertz CT molecular complexity index is 152. The Morgan fingerprint density at radius 2 is 2.21 bits per heavy atom. The predicted octanol–water partition coefficient (Wildman–Crippen LogP) is 1.22. The van der Waals surface area contributed by atoms with Crippen molar-refractivity contribution in [1.29, 1.82) is 0 Å². The average molecular weight is 200 g/mol. The first-order chi connectivity index (χ1) is 6.79. The fourth-order valence-electron chi connectivity index (χ4n) is 2.31. The van der Waals surface area contributed by atoms with Crippen LogP contribution in [0.3, 0.4) is 0 Å². The smallest absolute Gasteiger partial charge is 0.0593 e. The summed E-state index contributed by atoms with van der Waals surface area (Å²) >= 11 is 0. The van der Waals surface area contributed by atoms with Gasteiger partial charge in [-0.1, -0.05) is 6.42 Å². The highest BCUT2D eigenvalue weighted by Crippen LogP contribution is 2.21. The van der Waals surface area contributed by atoms with Crippen molar-refractivity contribution in [2.45, 2.75) is 45.2 Å². The fourth-order valence-corrected chi connectivity index (χ4v) is 2.31. The number of nitrogens with two attached hydrogens (primary N) is 1. The van der Waals surface area contributed by atoms with E-state index in [-0.39, 0.29) is 0 Å². The van der Waals surface area contributed by atoms with Crippen LogP contribution in [-0.2, 0) is 4.74 Å². The molecule has 0 bridgehead atoms. The molecule has 0 aromatic heterocycles. The van der Waals surface area contributed by atoms with Gasteiger partial charge < -0.3 is 10.5 Å². The van der Waals surface area contributed by atoms with E-state index in [4.69, 9.17) is 10.5 Å². The largest absolute Gasteiger partial charge is 0.380 e. The van der Waals surface area contributed by atoms with Crippen LogP contribution in [-0.4, -0.2) is 43.3 Å².